The van der Waals surface area contributed by atoms with Gasteiger partial charge in [-0.15, -0.1) is 0 Å². The van der Waals surface area contributed by atoms with Crippen molar-refractivity contribution in [3.8, 4) is 0 Å². The maximum absolute atomic E-state index is 13.0. The Labute approximate surface area is 512 Å². The third-order valence-electron chi connectivity index (χ3n) is 16.9. The quantitative estimate of drug-likeness (QED) is 0.0261. The van der Waals surface area contributed by atoms with Gasteiger partial charge < -0.3 is 14.2 Å². The molecule has 0 aromatic heterocycles. The Balaban J connectivity index is 4.18. The summed E-state index contributed by atoms with van der Waals surface area (Å²) in [7, 11) is 0. The molecule has 482 valence electrons. The van der Waals surface area contributed by atoms with E-state index < -0.39 is 6.10 Å². The number of unbranched alkanes of at least 4 members (excludes halogenated alkanes) is 52. The van der Waals surface area contributed by atoms with Gasteiger partial charge in [0.15, 0.2) is 6.10 Å². The summed E-state index contributed by atoms with van der Waals surface area (Å²) in [5.74, 6) is -0.829. The minimum Gasteiger partial charge on any atom is -0.462 e. The third-order valence-corrected chi connectivity index (χ3v) is 16.9. The molecule has 0 fully saturated rings. The zero-order valence-corrected chi connectivity index (χ0v) is 55.5. The molecule has 1 unspecified atom stereocenters. The number of ether oxygens (including phenoxy) is 3. The standard InChI is InChI=1S/C76H142O6/c1-4-7-10-13-16-19-22-25-28-30-32-33-34-35-36-37-38-39-40-41-42-43-44-46-48-51-54-57-60-63-66-69-75(78)81-72-73(71-80-74(77)68-65-62-59-56-53-50-47-27-24-21-18-15-12-9-6-3)82-76(79)70-67-64-61-58-55-52-49-45-31-29-26-23-20-17-14-11-8-5-2/h22,25,30,32,34-35,73H,4-21,23-24,26-29,31,33,36-72H2,1-3H3/b25-22-,32-30-,35-34-. The zero-order chi connectivity index (χ0) is 59.2. The summed E-state index contributed by atoms with van der Waals surface area (Å²) in [6.07, 6.45) is 89.0. The highest BCUT2D eigenvalue weighted by atomic mass is 16.6. The van der Waals surface area contributed by atoms with Crippen molar-refractivity contribution in [1.29, 1.82) is 0 Å². The minimum absolute atomic E-state index is 0.0642. The fourth-order valence-corrected chi connectivity index (χ4v) is 11.3. The van der Waals surface area contributed by atoms with Crippen LogP contribution >= 0.6 is 0 Å². The average molecular weight is 1150 g/mol. The van der Waals surface area contributed by atoms with Crippen LogP contribution in [0.15, 0.2) is 36.5 Å². The molecule has 0 heterocycles. The maximum atomic E-state index is 13.0. The molecule has 0 saturated carbocycles. The first-order valence-electron chi connectivity index (χ1n) is 37.0. The smallest absolute Gasteiger partial charge is 0.306 e. The second-order valence-corrected chi connectivity index (χ2v) is 25.2. The molecule has 0 amide bonds. The maximum Gasteiger partial charge on any atom is 0.306 e. The van der Waals surface area contributed by atoms with E-state index in [9.17, 15) is 14.4 Å². The number of carbonyl (C=O) groups excluding carboxylic acids is 3. The zero-order valence-electron chi connectivity index (χ0n) is 55.5. The van der Waals surface area contributed by atoms with Gasteiger partial charge >= 0.3 is 17.9 Å². The van der Waals surface area contributed by atoms with Crippen molar-refractivity contribution in [1.82, 2.24) is 0 Å². The molecule has 0 N–H and O–H groups in total. The van der Waals surface area contributed by atoms with Crippen LogP contribution in [-0.4, -0.2) is 37.2 Å². The Hall–Kier alpha value is -2.37. The summed E-state index contributed by atoms with van der Waals surface area (Å²) >= 11 is 0. The van der Waals surface area contributed by atoms with Crippen LogP contribution in [0.2, 0.25) is 0 Å². The van der Waals surface area contributed by atoms with E-state index in [-0.39, 0.29) is 31.1 Å². The van der Waals surface area contributed by atoms with E-state index in [1.165, 1.54) is 302 Å². The van der Waals surface area contributed by atoms with Gasteiger partial charge in [-0.2, -0.15) is 0 Å². The van der Waals surface area contributed by atoms with Crippen LogP contribution in [0.4, 0.5) is 0 Å². The molecule has 0 aliphatic carbocycles. The van der Waals surface area contributed by atoms with Crippen LogP contribution in [0.25, 0.3) is 0 Å². The number of allylic oxidation sites excluding steroid dienone is 6. The first kappa shape index (κ1) is 79.6. The molecule has 1 atom stereocenters. The number of hydrogen-bond acceptors (Lipinski definition) is 6. The first-order valence-corrected chi connectivity index (χ1v) is 37.0. The Morgan fingerprint density at radius 3 is 0.683 bits per heavy atom. The van der Waals surface area contributed by atoms with Gasteiger partial charge in [0, 0.05) is 19.3 Å². The van der Waals surface area contributed by atoms with Crippen LogP contribution in [0.5, 0.6) is 0 Å². The summed E-state index contributed by atoms with van der Waals surface area (Å²) in [5, 5.41) is 0. The van der Waals surface area contributed by atoms with Gasteiger partial charge in [0.2, 0.25) is 0 Å². The van der Waals surface area contributed by atoms with Crippen molar-refractivity contribution in [2.75, 3.05) is 13.2 Å². The minimum atomic E-state index is -0.768. The lowest BCUT2D eigenvalue weighted by molar-refractivity contribution is -0.167. The Morgan fingerprint density at radius 2 is 0.439 bits per heavy atom. The Morgan fingerprint density at radius 1 is 0.244 bits per heavy atom. The predicted octanol–water partition coefficient (Wildman–Crippen LogP) is 25.5. The van der Waals surface area contributed by atoms with Crippen LogP contribution in [0.1, 0.15) is 412 Å². The summed E-state index contributed by atoms with van der Waals surface area (Å²) in [4.78, 5) is 38.5. The molecule has 0 aromatic rings. The Kier molecular flexibility index (Phi) is 69.1. The lowest BCUT2D eigenvalue weighted by atomic mass is 10.0. The third kappa shape index (κ3) is 68.4. The molecule has 0 saturated heterocycles. The van der Waals surface area contributed by atoms with Crippen molar-refractivity contribution in [3.63, 3.8) is 0 Å². The van der Waals surface area contributed by atoms with Gasteiger partial charge in [-0.25, -0.2) is 0 Å². The highest BCUT2D eigenvalue weighted by Gasteiger charge is 2.20. The summed E-state index contributed by atoms with van der Waals surface area (Å²) in [5.41, 5.74) is 0. The monoisotopic (exact) mass is 1150 g/mol. The van der Waals surface area contributed by atoms with E-state index in [0.717, 1.165) is 70.6 Å². The number of carbonyl (C=O) groups is 3. The molecular formula is C76H142O6. The largest absolute Gasteiger partial charge is 0.462 e. The van der Waals surface area contributed by atoms with Crippen molar-refractivity contribution < 1.29 is 28.6 Å². The highest BCUT2D eigenvalue weighted by Crippen LogP contribution is 2.19. The van der Waals surface area contributed by atoms with Crippen molar-refractivity contribution >= 4 is 17.9 Å². The number of rotatable bonds is 69. The average Bonchev–Trinajstić information content (AvgIpc) is 3.47. The molecule has 82 heavy (non-hydrogen) atoms. The molecule has 0 rings (SSSR count). The summed E-state index contributed by atoms with van der Waals surface area (Å²) < 4.78 is 17.0. The van der Waals surface area contributed by atoms with Gasteiger partial charge in [-0.05, 0) is 57.8 Å². The van der Waals surface area contributed by atoms with Gasteiger partial charge in [-0.3, -0.25) is 14.4 Å². The second-order valence-electron chi connectivity index (χ2n) is 25.2. The number of esters is 3. The van der Waals surface area contributed by atoms with Gasteiger partial charge in [0.25, 0.3) is 0 Å². The van der Waals surface area contributed by atoms with E-state index in [1.54, 1.807) is 0 Å². The molecule has 0 aliphatic heterocycles. The SMILES string of the molecule is CCCCCCC/C=C\C/C=C\C/C=C\CCCCCCCCCCCCCCCCCCC(=O)OCC(COC(=O)CCCCCCCCCCCCCCCCC)OC(=O)CCCCCCCCCCCCCCCCCCCC. The highest BCUT2D eigenvalue weighted by molar-refractivity contribution is 5.71. The van der Waals surface area contributed by atoms with E-state index in [0.29, 0.717) is 19.3 Å². The molecule has 0 spiro atoms. The molecule has 0 radical (unpaired) electrons. The number of hydrogen-bond donors (Lipinski definition) is 0. The van der Waals surface area contributed by atoms with E-state index >= 15 is 0 Å². The molecular weight excluding hydrogens is 1010 g/mol. The Bertz CT molecular complexity index is 1370. The summed E-state index contributed by atoms with van der Waals surface area (Å²) in [6.45, 7) is 6.71. The first-order chi connectivity index (χ1) is 40.5. The fourth-order valence-electron chi connectivity index (χ4n) is 11.3. The molecule has 0 aromatic carbocycles. The molecule has 6 heteroatoms. The fraction of sp³-hybridized carbons (Fsp3) is 0.882. The molecule has 0 aliphatic rings. The normalized spacial score (nSPS) is 12.2. The van der Waals surface area contributed by atoms with Crippen molar-refractivity contribution in [3.05, 3.63) is 36.5 Å². The van der Waals surface area contributed by atoms with E-state index in [4.69, 9.17) is 14.2 Å². The van der Waals surface area contributed by atoms with Crippen LogP contribution in [0.3, 0.4) is 0 Å². The van der Waals surface area contributed by atoms with Gasteiger partial charge in [-0.1, -0.05) is 372 Å². The predicted molar refractivity (Wildman–Crippen MR) is 358 cm³/mol. The second kappa shape index (κ2) is 71.1. The van der Waals surface area contributed by atoms with E-state index in [1.807, 2.05) is 0 Å². The van der Waals surface area contributed by atoms with E-state index in [2.05, 4.69) is 57.2 Å². The van der Waals surface area contributed by atoms with Gasteiger partial charge in [0.05, 0.1) is 0 Å². The van der Waals surface area contributed by atoms with Crippen LogP contribution in [-0.2, 0) is 28.6 Å². The molecule has 6 nitrogen and oxygen atoms in total. The van der Waals surface area contributed by atoms with Gasteiger partial charge in [0.1, 0.15) is 13.2 Å². The lowest BCUT2D eigenvalue weighted by Crippen LogP contribution is -2.30. The van der Waals surface area contributed by atoms with Crippen molar-refractivity contribution in [2.24, 2.45) is 0 Å². The molecule has 0 bridgehead atoms. The summed E-state index contributed by atoms with van der Waals surface area (Å²) in [6, 6.07) is 0. The van der Waals surface area contributed by atoms with Crippen molar-refractivity contribution in [2.45, 2.75) is 419 Å². The topological polar surface area (TPSA) is 78.9 Å². The van der Waals surface area contributed by atoms with Crippen LogP contribution in [0, 0.1) is 0 Å². The lowest BCUT2D eigenvalue weighted by Gasteiger charge is -2.18. The van der Waals surface area contributed by atoms with Crippen LogP contribution < -0.4 is 0 Å².